The monoisotopic (exact) mass is 415 g/mol. The van der Waals surface area contributed by atoms with E-state index in [9.17, 15) is 9.59 Å². The van der Waals surface area contributed by atoms with Gasteiger partial charge >= 0.3 is 5.97 Å². The smallest absolute Gasteiger partial charge is 0.341 e. The minimum atomic E-state index is -0.388. The lowest BCUT2D eigenvalue weighted by molar-refractivity contribution is -0.920. The zero-order valence-electron chi connectivity index (χ0n) is 17.8. The molecule has 2 atom stereocenters. The summed E-state index contributed by atoms with van der Waals surface area (Å²) in [6.07, 6.45) is 3.56. The molecule has 1 aliphatic rings. The molecule has 0 aliphatic carbocycles. The number of hydrogen-bond acceptors (Lipinski definition) is 4. The lowest BCUT2D eigenvalue weighted by Crippen LogP contribution is -3.17. The zero-order valence-corrected chi connectivity index (χ0v) is 18.6. The molecule has 1 amide bonds. The van der Waals surface area contributed by atoms with Crippen molar-refractivity contribution in [3.63, 3.8) is 0 Å². The number of ether oxygens (including phenoxy) is 1. The summed E-state index contributed by atoms with van der Waals surface area (Å²) in [6, 6.07) is 8.57. The highest BCUT2D eigenvalue weighted by atomic mass is 32.1. The fourth-order valence-corrected chi connectivity index (χ4v) is 5.07. The Hall–Kier alpha value is -2.18. The fourth-order valence-electron chi connectivity index (χ4n) is 3.99. The summed E-state index contributed by atoms with van der Waals surface area (Å²) < 4.78 is 5.33. The molecule has 156 valence electrons. The first kappa shape index (κ1) is 21.5. The van der Waals surface area contributed by atoms with Gasteiger partial charge in [0.05, 0.1) is 19.2 Å². The average molecular weight is 416 g/mol. The van der Waals surface area contributed by atoms with Gasteiger partial charge in [-0.05, 0) is 52.5 Å². The molecule has 0 radical (unpaired) electrons. The SMILES string of the molecule is CCOC(=O)c1c(NC(=O)C[NH+]2CCCC[C@H]2C)sc(C)c1-c1ccc(C)cc1. The second-order valence-electron chi connectivity index (χ2n) is 7.85. The zero-order chi connectivity index (χ0) is 21.0. The van der Waals surface area contributed by atoms with Gasteiger partial charge < -0.3 is 15.0 Å². The quantitative estimate of drug-likeness (QED) is 0.709. The number of likely N-dealkylation sites (tertiary alicyclic amines) is 1. The lowest BCUT2D eigenvalue weighted by atomic mass is 10.0. The fraction of sp³-hybridized carbons (Fsp3) is 0.478. The van der Waals surface area contributed by atoms with Crippen molar-refractivity contribution in [1.82, 2.24) is 0 Å². The van der Waals surface area contributed by atoms with Crippen LogP contribution in [0, 0.1) is 13.8 Å². The number of carbonyl (C=O) groups excluding carboxylic acids is 2. The van der Waals surface area contributed by atoms with E-state index < -0.39 is 0 Å². The molecule has 0 saturated carbocycles. The number of quaternary nitrogens is 1. The second-order valence-corrected chi connectivity index (χ2v) is 9.08. The molecule has 1 aromatic carbocycles. The summed E-state index contributed by atoms with van der Waals surface area (Å²) in [5.41, 5.74) is 3.44. The van der Waals surface area contributed by atoms with E-state index >= 15 is 0 Å². The normalized spacial score (nSPS) is 19.0. The maximum absolute atomic E-state index is 12.8. The van der Waals surface area contributed by atoms with Crippen LogP contribution >= 0.6 is 11.3 Å². The molecule has 1 saturated heterocycles. The van der Waals surface area contributed by atoms with Crippen LogP contribution in [-0.4, -0.2) is 37.6 Å². The van der Waals surface area contributed by atoms with E-state index in [1.54, 1.807) is 6.92 Å². The van der Waals surface area contributed by atoms with Crippen molar-refractivity contribution in [1.29, 1.82) is 0 Å². The molecule has 2 aromatic rings. The number of piperidine rings is 1. The standard InChI is InChI=1S/C23H30N2O3S/c1-5-28-23(27)21-20(18-11-9-15(2)10-12-18)17(4)29-22(21)24-19(26)14-25-13-7-6-8-16(25)3/h9-12,16H,5-8,13-14H2,1-4H3,(H,24,26)/p+1/t16-/m1/s1. The van der Waals surface area contributed by atoms with Gasteiger partial charge in [-0.1, -0.05) is 29.8 Å². The van der Waals surface area contributed by atoms with E-state index in [-0.39, 0.29) is 11.9 Å². The number of nitrogens with one attached hydrogen (secondary N) is 2. The molecule has 5 nitrogen and oxygen atoms in total. The Morgan fingerprint density at radius 3 is 2.59 bits per heavy atom. The van der Waals surface area contributed by atoms with E-state index in [1.807, 2.05) is 38.1 Å². The van der Waals surface area contributed by atoms with Gasteiger partial charge in [0.25, 0.3) is 5.91 Å². The van der Waals surface area contributed by atoms with E-state index in [1.165, 1.54) is 22.7 Å². The number of esters is 1. The van der Waals surface area contributed by atoms with Gasteiger partial charge in [-0.25, -0.2) is 4.79 Å². The van der Waals surface area contributed by atoms with Crippen LogP contribution in [0.1, 0.15) is 53.9 Å². The summed E-state index contributed by atoms with van der Waals surface area (Å²) >= 11 is 1.44. The van der Waals surface area contributed by atoms with Crippen LogP contribution in [0.15, 0.2) is 24.3 Å². The van der Waals surface area contributed by atoms with Crippen molar-refractivity contribution in [3.8, 4) is 11.1 Å². The van der Waals surface area contributed by atoms with Crippen LogP contribution in [0.4, 0.5) is 5.00 Å². The first-order valence-corrected chi connectivity index (χ1v) is 11.2. The number of anilines is 1. The molecule has 2 heterocycles. The maximum Gasteiger partial charge on any atom is 0.341 e. The molecule has 29 heavy (non-hydrogen) atoms. The van der Waals surface area contributed by atoms with Gasteiger partial charge in [0.2, 0.25) is 0 Å². The Bertz CT molecular complexity index is 873. The first-order valence-electron chi connectivity index (χ1n) is 10.4. The highest BCUT2D eigenvalue weighted by molar-refractivity contribution is 7.17. The number of benzene rings is 1. The molecule has 6 heteroatoms. The third kappa shape index (κ3) is 5.06. The van der Waals surface area contributed by atoms with Crippen LogP contribution in [0.25, 0.3) is 11.1 Å². The molecular formula is C23H31N2O3S+. The number of carbonyl (C=O) groups is 2. The van der Waals surface area contributed by atoms with Gasteiger partial charge in [0, 0.05) is 10.4 Å². The lowest BCUT2D eigenvalue weighted by Gasteiger charge is -2.29. The Balaban J connectivity index is 1.89. The summed E-state index contributed by atoms with van der Waals surface area (Å²) in [7, 11) is 0. The predicted molar refractivity (Wildman–Crippen MR) is 118 cm³/mol. The van der Waals surface area contributed by atoms with Crippen molar-refractivity contribution < 1.29 is 19.2 Å². The third-order valence-electron chi connectivity index (χ3n) is 5.63. The van der Waals surface area contributed by atoms with Gasteiger partial charge in [-0.15, -0.1) is 11.3 Å². The number of aryl methyl sites for hydroxylation is 2. The topological polar surface area (TPSA) is 59.8 Å². The van der Waals surface area contributed by atoms with Crippen molar-refractivity contribution in [3.05, 3.63) is 40.3 Å². The molecule has 0 bridgehead atoms. The minimum Gasteiger partial charge on any atom is -0.462 e. The highest BCUT2D eigenvalue weighted by Gasteiger charge is 2.28. The number of thiophene rings is 1. The Morgan fingerprint density at radius 1 is 1.21 bits per heavy atom. The van der Waals surface area contributed by atoms with E-state index in [2.05, 4.69) is 12.2 Å². The van der Waals surface area contributed by atoms with E-state index in [4.69, 9.17) is 4.74 Å². The highest BCUT2D eigenvalue weighted by Crippen LogP contribution is 2.40. The van der Waals surface area contributed by atoms with Crippen molar-refractivity contribution in [2.45, 2.75) is 53.0 Å². The van der Waals surface area contributed by atoms with Crippen molar-refractivity contribution >= 4 is 28.2 Å². The first-order chi connectivity index (χ1) is 13.9. The molecule has 3 rings (SSSR count). The van der Waals surface area contributed by atoms with Gasteiger partial charge in [-0.3, -0.25) is 4.79 Å². The average Bonchev–Trinajstić information content (AvgIpc) is 3.00. The van der Waals surface area contributed by atoms with E-state index in [0.717, 1.165) is 41.0 Å². The van der Waals surface area contributed by atoms with Crippen LogP contribution in [0.2, 0.25) is 0 Å². The molecule has 1 unspecified atom stereocenters. The molecular weight excluding hydrogens is 384 g/mol. The number of amides is 1. The third-order valence-corrected chi connectivity index (χ3v) is 6.65. The Kier molecular flexibility index (Phi) is 7.09. The number of rotatable bonds is 6. The van der Waals surface area contributed by atoms with Crippen LogP contribution in [0.3, 0.4) is 0 Å². The summed E-state index contributed by atoms with van der Waals surface area (Å²) in [5.74, 6) is -0.433. The minimum absolute atomic E-state index is 0.0454. The summed E-state index contributed by atoms with van der Waals surface area (Å²) in [5, 5.41) is 3.61. The molecule has 2 N–H and O–H groups in total. The van der Waals surface area contributed by atoms with Crippen LogP contribution in [0.5, 0.6) is 0 Å². The van der Waals surface area contributed by atoms with Gasteiger partial charge in [-0.2, -0.15) is 0 Å². The Labute approximate surface area is 177 Å². The van der Waals surface area contributed by atoms with Crippen molar-refractivity contribution in [2.24, 2.45) is 0 Å². The Morgan fingerprint density at radius 2 is 1.93 bits per heavy atom. The van der Waals surface area contributed by atoms with Crippen molar-refractivity contribution in [2.75, 3.05) is 25.0 Å². The van der Waals surface area contributed by atoms with Crippen LogP contribution in [-0.2, 0) is 9.53 Å². The second kappa shape index (κ2) is 9.55. The predicted octanol–water partition coefficient (Wildman–Crippen LogP) is 3.60. The summed E-state index contributed by atoms with van der Waals surface area (Å²) in [4.78, 5) is 27.9. The number of hydrogen-bond donors (Lipinski definition) is 2. The molecule has 1 fully saturated rings. The molecule has 0 spiro atoms. The largest absolute Gasteiger partial charge is 0.462 e. The van der Waals surface area contributed by atoms with Crippen LogP contribution < -0.4 is 10.2 Å². The molecule has 1 aliphatic heterocycles. The molecule has 1 aromatic heterocycles. The van der Waals surface area contributed by atoms with Gasteiger partial charge in [0.15, 0.2) is 6.54 Å². The maximum atomic E-state index is 12.8. The van der Waals surface area contributed by atoms with Gasteiger partial charge in [0.1, 0.15) is 10.6 Å². The summed E-state index contributed by atoms with van der Waals surface area (Å²) in [6.45, 7) is 9.77. The van der Waals surface area contributed by atoms with E-state index in [0.29, 0.717) is 29.8 Å².